The molecule has 33 heavy (non-hydrogen) atoms. The Balaban J connectivity index is 1.32. The van der Waals surface area contributed by atoms with Crippen molar-refractivity contribution in [2.75, 3.05) is 33.3 Å². The highest BCUT2D eigenvalue weighted by Crippen LogP contribution is 2.25. The van der Waals surface area contributed by atoms with Crippen LogP contribution in [0.1, 0.15) is 5.56 Å². The number of nitrogens with zero attached hydrogens (tertiary/aromatic N) is 2. The summed E-state index contributed by atoms with van der Waals surface area (Å²) in [5.74, 6) is 0.621. The number of ether oxygens (including phenoxy) is 1. The first-order valence-electron chi connectivity index (χ1n) is 10.8. The lowest BCUT2D eigenvalue weighted by molar-refractivity contribution is 0.182. The topological polar surface area (TPSA) is 80.1 Å². The second-order valence-electron chi connectivity index (χ2n) is 8.14. The van der Waals surface area contributed by atoms with E-state index in [2.05, 4.69) is 4.90 Å². The summed E-state index contributed by atoms with van der Waals surface area (Å²) in [7, 11) is -2.01. The second kappa shape index (κ2) is 8.62. The third-order valence-electron chi connectivity index (χ3n) is 6.12. The molecule has 0 amide bonds. The van der Waals surface area contributed by atoms with Crippen molar-refractivity contribution in [2.24, 2.45) is 0 Å². The predicted molar refractivity (Wildman–Crippen MR) is 127 cm³/mol. The van der Waals surface area contributed by atoms with E-state index in [0.29, 0.717) is 49.0 Å². The summed E-state index contributed by atoms with van der Waals surface area (Å²) in [6.45, 7) is 2.47. The number of sulfonamides is 1. The molecule has 0 aliphatic carbocycles. The van der Waals surface area contributed by atoms with Crippen molar-refractivity contribution in [3.63, 3.8) is 0 Å². The molecule has 1 aliphatic heterocycles. The van der Waals surface area contributed by atoms with Gasteiger partial charge in [-0.2, -0.15) is 4.31 Å². The van der Waals surface area contributed by atoms with Crippen LogP contribution in [0.15, 0.2) is 80.8 Å². The van der Waals surface area contributed by atoms with Crippen LogP contribution in [0.4, 0.5) is 0 Å². The van der Waals surface area contributed by atoms with Crippen molar-refractivity contribution in [1.82, 2.24) is 9.21 Å². The molecule has 5 rings (SSSR count). The lowest BCUT2D eigenvalue weighted by Gasteiger charge is -2.34. The summed E-state index contributed by atoms with van der Waals surface area (Å²) in [6.07, 6.45) is 0. The maximum absolute atomic E-state index is 13.2. The molecular formula is C25H24N2O5S. The summed E-state index contributed by atoms with van der Waals surface area (Å²) in [5, 5.41) is 2.77. The van der Waals surface area contributed by atoms with Gasteiger partial charge in [-0.15, -0.1) is 0 Å². The number of methoxy groups -OCH3 is 1. The smallest absolute Gasteiger partial charge is 0.336 e. The zero-order chi connectivity index (χ0) is 23.0. The Morgan fingerprint density at radius 1 is 0.909 bits per heavy atom. The predicted octanol–water partition coefficient (Wildman–Crippen LogP) is 3.46. The molecular weight excluding hydrogens is 440 g/mol. The fourth-order valence-corrected chi connectivity index (χ4v) is 5.77. The Kier molecular flexibility index (Phi) is 5.65. The zero-order valence-corrected chi connectivity index (χ0v) is 19.0. The van der Waals surface area contributed by atoms with Crippen molar-refractivity contribution in [3.8, 4) is 5.75 Å². The Morgan fingerprint density at radius 2 is 1.67 bits per heavy atom. The van der Waals surface area contributed by atoms with Crippen LogP contribution < -0.4 is 10.4 Å². The van der Waals surface area contributed by atoms with E-state index in [0.717, 1.165) is 21.7 Å². The van der Waals surface area contributed by atoms with Crippen LogP contribution in [0.2, 0.25) is 0 Å². The van der Waals surface area contributed by atoms with Crippen LogP contribution in [0.25, 0.3) is 21.7 Å². The van der Waals surface area contributed by atoms with Gasteiger partial charge in [0, 0.05) is 50.2 Å². The summed E-state index contributed by atoms with van der Waals surface area (Å²) in [6, 6.07) is 19.9. The Hall–Kier alpha value is -3.20. The molecule has 1 aliphatic rings. The minimum atomic E-state index is -3.57. The molecule has 1 aromatic heterocycles. The van der Waals surface area contributed by atoms with Crippen molar-refractivity contribution < 1.29 is 17.6 Å². The molecule has 3 aromatic carbocycles. The van der Waals surface area contributed by atoms with Crippen molar-refractivity contribution >= 4 is 31.8 Å². The molecule has 7 nitrogen and oxygen atoms in total. The molecule has 2 heterocycles. The number of fused-ring (bicyclic) bond motifs is 2. The summed E-state index contributed by atoms with van der Waals surface area (Å²) >= 11 is 0. The molecule has 8 heteroatoms. The van der Waals surface area contributed by atoms with Gasteiger partial charge in [-0.25, -0.2) is 13.2 Å². The molecule has 0 saturated carbocycles. The van der Waals surface area contributed by atoms with Gasteiger partial charge in [-0.3, -0.25) is 4.90 Å². The molecule has 1 fully saturated rings. The van der Waals surface area contributed by atoms with E-state index in [1.807, 2.05) is 42.5 Å². The lowest BCUT2D eigenvalue weighted by Crippen LogP contribution is -2.48. The maximum Gasteiger partial charge on any atom is 0.336 e. The van der Waals surface area contributed by atoms with E-state index >= 15 is 0 Å². The Labute approximate surface area is 191 Å². The standard InChI is InChI=1S/C25H24N2O5S/c1-31-21-7-9-23-20(15-25(28)32-24(23)16-21)17-26-10-12-27(13-11-26)33(29,30)22-8-6-18-4-2-3-5-19(18)14-22/h2-9,14-16H,10-13,17H2,1H3. The van der Waals surface area contributed by atoms with Gasteiger partial charge in [0.15, 0.2) is 0 Å². The first kappa shape index (κ1) is 21.6. The van der Waals surface area contributed by atoms with E-state index in [-0.39, 0.29) is 0 Å². The quantitative estimate of drug-likeness (QED) is 0.421. The number of benzene rings is 3. The average Bonchev–Trinajstić information content (AvgIpc) is 2.83. The molecule has 4 aromatic rings. The third kappa shape index (κ3) is 4.25. The van der Waals surface area contributed by atoms with Gasteiger partial charge < -0.3 is 9.15 Å². The fourth-order valence-electron chi connectivity index (χ4n) is 4.31. The largest absolute Gasteiger partial charge is 0.497 e. The molecule has 0 N–H and O–H groups in total. The normalized spacial score (nSPS) is 15.8. The van der Waals surface area contributed by atoms with Gasteiger partial charge in [-0.1, -0.05) is 30.3 Å². The molecule has 0 unspecified atom stereocenters. The third-order valence-corrected chi connectivity index (χ3v) is 8.02. The molecule has 0 bridgehead atoms. The number of piperazine rings is 1. The van der Waals surface area contributed by atoms with Crippen molar-refractivity contribution in [1.29, 1.82) is 0 Å². The molecule has 170 valence electrons. The average molecular weight is 465 g/mol. The van der Waals surface area contributed by atoms with Crippen LogP contribution in [0.5, 0.6) is 5.75 Å². The van der Waals surface area contributed by atoms with E-state index in [1.54, 1.807) is 25.3 Å². The van der Waals surface area contributed by atoms with Gasteiger partial charge in [-0.05, 0) is 40.6 Å². The monoisotopic (exact) mass is 464 g/mol. The number of rotatable bonds is 5. The highest BCUT2D eigenvalue weighted by Gasteiger charge is 2.29. The maximum atomic E-state index is 13.2. The highest BCUT2D eigenvalue weighted by atomic mass is 32.2. The van der Waals surface area contributed by atoms with Crippen LogP contribution in [-0.4, -0.2) is 50.9 Å². The van der Waals surface area contributed by atoms with Gasteiger partial charge in [0.1, 0.15) is 11.3 Å². The van der Waals surface area contributed by atoms with Gasteiger partial charge in [0.05, 0.1) is 12.0 Å². The summed E-state index contributed by atoms with van der Waals surface area (Å²) in [4.78, 5) is 14.5. The lowest BCUT2D eigenvalue weighted by atomic mass is 10.1. The molecule has 0 spiro atoms. The van der Waals surface area contributed by atoms with E-state index in [4.69, 9.17) is 9.15 Å². The van der Waals surface area contributed by atoms with E-state index in [1.165, 1.54) is 10.4 Å². The summed E-state index contributed by atoms with van der Waals surface area (Å²) in [5.41, 5.74) is 0.923. The Bertz CT molecular complexity index is 1490. The van der Waals surface area contributed by atoms with E-state index in [9.17, 15) is 13.2 Å². The zero-order valence-electron chi connectivity index (χ0n) is 18.2. The van der Waals surface area contributed by atoms with Gasteiger partial charge in [0.25, 0.3) is 0 Å². The van der Waals surface area contributed by atoms with Crippen LogP contribution in [-0.2, 0) is 16.6 Å². The molecule has 1 saturated heterocycles. The van der Waals surface area contributed by atoms with E-state index < -0.39 is 15.6 Å². The molecule has 0 atom stereocenters. The van der Waals surface area contributed by atoms with Crippen molar-refractivity contribution in [3.05, 3.63) is 82.7 Å². The second-order valence-corrected chi connectivity index (χ2v) is 10.1. The SMILES string of the molecule is COc1ccc2c(CN3CCN(S(=O)(=O)c4ccc5ccccc5c4)CC3)cc(=O)oc2c1. The fraction of sp³-hybridized carbons (Fsp3) is 0.240. The summed E-state index contributed by atoms with van der Waals surface area (Å²) < 4.78 is 38.5. The first-order chi connectivity index (χ1) is 15.9. The van der Waals surface area contributed by atoms with Crippen molar-refractivity contribution in [2.45, 2.75) is 11.4 Å². The molecule has 0 radical (unpaired) electrons. The van der Waals surface area contributed by atoms with Gasteiger partial charge >= 0.3 is 5.63 Å². The van der Waals surface area contributed by atoms with Gasteiger partial charge in [0.2, 0.25) is 10.0 Å². The number of hydrogen-bond donors (Lipinski definition) is 0. The Morgan fingerprint density at radius 3 is 2.42 bits per heavy atom. The van der Waals surface area contributed by atoms with Crippen LogP contribution in [0, 0.1) is 0 Å². The van der Waals surface area contributed by atoms with Crippen LogP contribution in [0.3, 0.4) is 0 Å². The highest BCUT2D eigenvalue weighted by molar-refractivity contribution is 7.89. The number of hydrogen-bond acceptors (Lipinski definition) is 6. The minimum absolute atomic E-state index is 0.315. The minimum Gasteiger partial charge on any atom is -0.497 e. The van der Waals surface area contributed by atoms with Crippen LogP contribution >= 0.6 is 0 Å². The first-order valence-corrected chi connectivity index (χ1v) is 12.2.